The molecule has 0 bridgehead atoms. The van der Waals surface area contributed by atoms with E-state index in [9.17, 15) is 4.79 Å². The van der Waals surface area contributed by atoms with Crippen molar-refractivity contribution in [1.82, 2.24) is 9.97 Å². The minimum atomic E-state index is -0.379. The standard InChI is InChI=1S/C14H21N3O2/c1-3-11-7-5-6-10-17(11)14-15-9-8-12(16-14)13(18)19-4-2/h8-9,11H,3-7,10H2,1-2H3. The van der Waals surface area contributed by atoms with Crippen molar-refractivity contribution in [3.63, 3.8) is 0 Å². The second kappa shape index (κ2) is 6.50. The highest BCUT2D eigenvalue weighted by Gasteiger charge is 2.23. The molecule has 2 rings (SSSR count). The SMILES string of the molecule is CCOC(=O)c1ccnc(N2CCCCC2CC)n1. The van der Waals surface area contributed by atoms with Gasteiger partial charge in [0.15, 0.2) is 5.69 Å². The zero-order valence-electron chi connectivity index (χ0n) is 11.6. The van der Waals surface area contributed by atoms with Gasteiger partial charge in [-0.2, -0.15) is 0 Å². The molecule has 0 aromatic carbocycles. The van der Waals surface area contributed by atoms with Crippen molar-refractivity contribution in [1.29, 1.82) is 0 Å². The van der Waals surface area contributed by atoms with E-state index in [2.05, 4.69) is 21.8 Å². The maximum absolute atomic E-state index is 11.7. The predicted molar refractivity (Wildman–Crippen MR) is 73.3 cm³/mol. The van der Waals surface area contributed by atoms with Gasteiger partial charge in [0.05, 0.1) is 6.61 Å². The first kappa shape index (κ1) is 13.8. The molecule has 0 N–H and O–H groups in total. The minimum Gasteiger partial charge on any atom is -0.461 e. The van der Waals surface area contributed by atoms with Gasteiger partial charge in [-0.1, -0.05) is 6.92 Å². The fourth-order valence-corrected chi connectivity index (χ4v) is 2.49. The van der Waals surface area contributed by atoms with Crippen LogP contribution in [0.25, 0.3) is 0 Å². The Morgan fingerprint density at radius 1 is 1.47 bits per heavy atom. The van der Waals surface area contributed by atoms with Gasteiger partial charge in [0.1, 0.15) is 0 Å². The second-order valence-electron chi connectivity index (χ2n) is 4.71. The topological polar surface area (TPSA) is 55.3 Å². The molecule has 5 nitrogen and oxygen atoms in total. The van der Waals surface area contributed by atoms with Gasteiger partial charge in [-0.3, -0.25) is 0 Å². The number of anilines is 1. The summed E-state index contributed by atoms with van der Waals surface area (Å²) in [6, 6.07) is 2.08. The van der Waals surface area contributed by atoms with E-state index in [1.165, 1.54) is 12.8 Å². The normalized spacial score (nSPS) is 19.3. The molecular formula is C14H21N3O2. The summed E-state index contributed by atoms with van der Waals surface area (Å²) in [5.74, 6) is 0.272. The number of rotatable bonds is 4. The molecular weight excluding hydrogens is 242 g/mol. The molecule has 1 unspecified atom stereocenters. The molecule has 1 aromatic heterocycles. The highest BCUT2D eigenvalue weighted by Crippen LogP contribution is 2.23. The molecule has 1 atom stereocenters. The van der Waals surface area contributed by atoms with E-state index in [1.807, 2.05) is 0 Å². The first-order chi connectivity index (χ1) is 9.26. The molecule has 1 aliphatic rings. The summed E-state index contributed by atoms with van der Waals surface area (Å²) in [5, 5.41) is 0. The van der Waals surface area contributed by atoms with E-state index in [1.54, 1.807) is 19.2 Å². The van der Waals surface area contributed by atoms with Crippen molar-refractivity contribution in [3.8, 4) is 0 Å². The molecule has 19 heavy (non-hydrogen) atoms. The van der Waals surface area contributed by atoms with Crippen LogP contribution >= 0.6 is 0 Å². The summed E-state index contributed by atoms with van der Waals surface area (Å²) < 4.78 is 4.98. The quantitative estimate of drug-likeness (QED) is 0.781. The van der Waals surface area contributed by atoms with E-state index >= 15 is 0 Å². The Morgan fingerprint density at radius 2 is 2.32 bits per heavy atom. The third kappa shape index (κ3) is 3.22. The molecule has 0 saturated carbocycles. The van der Waals surface area contributed by atoms with Crippen LogP contribution in [0.3, 0.4) is 0 Å². The maximum atomic E-state index is 11.7. The molecule has 5 heteroatoms. The largest absolute Gasteiger partial charge is 0.461 e. The van der Waals surface area contributed by atoms with Crippen molar-refractivity contribution in [2.45, 2.75) is 45.6 Å². The number of piperidine rings is 1. The fraction of sp³-hybridized carbons (Fsp3) is 0.643. The number of esters is 1. The fourth-order valence-electron chi connectivity index (χ4n) is 2.49. The summed E-state index contributed by atoms with van der Waals surface area (Å²) >= 11 is 0. The Kier molecular flexibility index (Phi) is 4.71. The molecule has 0 amide bonds. The number of carbonyl (C=O) groups excluding carboxylic acids is 1. The molecule has 2 heterocycles. The summed E-state index contributed by atoms with van der Waals surface area (Å²) in [5.41, 5.74) is 0.340. The number of carbonyl (C=O) groups is 1. The lowest BCUT2D eigenvalue weighted by Gasteiger charge is -2.35. The first-order valence-electron chi connectivity index (χ1n) is 7.03. The van der Waals surface area contributed by atoms with Crippen LogP contribution in [0.1, 0.15) is 50.0 Å². The van der Waals surface area contributed by atoms with E-state index in [0.717, 1.165) is 19.4 Å². The Hall–Kier alpha value is -1.65. The minimum absolute atomic E-state index is 0.340. The maximum Gasteiger partial charge on any atom is 0.357 e. The number of nitrogens with zero attached hydrogens (tertiary/aromatic N) is 3. The van der Waals surface area contributed by atoms with Crippen molar-refractivity contribution in [2.75, 3.05) is 18.1 Å². The molecule has 1 aromatic rings. The van der Waals surface area contributed by atoms with Crippen molar-refractivity contribution in [3.05, 3.63) is 18.0 Å². The van der Waals surface area contributed by atoms with Crippen LogP contribution in [-0.2, 0) is 4.74 Å². The summed E-state index contributed by atoms with van der Waals surface area (Å²) in [4.78, 5) is 22.6. The van der Waals surface area contributed by atoms with Crippen LogP contribution in [0.15, 0.2) is 12.3 Å². The lowest BCUT2D eigenvalue weighted by Crippen LogP contribution is -2.40. The molecule has 0 aliphatic carbocycles. The molecule has 104 valence electrons. The van der Waals surface area contributed by atoms with Gasteiger partial charge < -0.3 is 9.64 Å². The van der Waals surface area contributed by atoms with Crippen molar-refractivity contribution < 1.29 is 9.53 Å². The van der Waals surface area contributed by atoms with Crippen LogP contribution in [0.5, 0.6) is 0 Å². The molecule has 0 radical (unpaired) electrons. The lowest BCUT2D eigenvalue weighted by atomic mass is 10.0. The number of ether oxygens (including phenoxy) is 1. The zero-order valence-corrected chi connectivity index (χ0v) is 11.6. The summed E-state index contributed by atoms with van der Waals surface area (Å²) in [6.45, 7) is 5.29. The summed E-state index contributed by atoms with van der Waals surface area (Å²) in [6.07, 6.45) is 6.29. The first-order valence-corrected chi connectivity index (χ1v) is 7.03. The second-order valence-corrected chi connectivity index (χ2v) is 4.71. The van der Waals surface area contributed by atoms with Crippen molar-refractivity contribution in [2.24, 2.45) is 0 Å². The van der Waals surface area contributed by atoms with Crippen molar-refractivity contribution >= 4 is 11.9 Å². The Morgan fingerprint density at radius 3 is 3.05 bits per heavy atom. The number of aromatic nitrogens is 2. The monoisotopic (exact) mass is 263 g/mol. The van der Waals surface area contributed by atoms with Gasteiger partial charge in [0.25, 0.3) is 0 Å². The Balaban J connectivity index is 2.19. The Bertz CT molecular complexity index is 436. The van der Waals surface area contributed by atoms with Gasteiger partial charge in [0.2, 0.25) is 5.95 Å². The molecule has 0 spiro atoms. The van der Waals surface area contributed by atoms with Crippen LogP contribution < -0.4 is 4.90 Å². The predicted octanol–water partition coefficient (Wildman–Crippen LogP) is 2.42. The smallest absolute Gasteiger partial charge is 0.357 e. The third-order valence-electron chi connectivity index (χ3n) is 3.48. The summed E-state index contributed by atoms with van der Waals surface area (Å²) in [7, 11) is 0. The van der Waals surface area contributed by atoms with Gasteiger partial charge in [0, 0.05) is 18.8 Å². The van der Waals surface area contributed by atoms with Gasteiger partial charge in [-0.25, -0.2) is 14.8 Å². The van der Waals surface area contributed by atoms with E-state index in [0.29, 0.717) is 24.3 Å². The van der Waals surface area contributed by atoms with Gasteiger partial charge >= 0.3 is 5.97 Å². The highest BCUT2D eigenvalue weighted by atomic mass is 16.5. The van der Waals surface area contributed by atoms with Crippen LogP contribution in [0, 0.1) is 0 Å². The van der Waals surface area contributed by atoms with Gasteiger partial charge in [-0.05, 0) is 38.7 Å². The lowest BCUT2D eigenvalue weighted by molar-refractivity contribution is 0.0519. The van der Waals surface area contributed by atoms with E-state index in [-0.39, 0.29) is 5.97 Å². The van der Waals surface area contributed by atoms with E-state index < -0.39 is 0 Å². The van der Waals surface area contributed by atoms with E-state index in [4.69, 9.17) is 4.74 Å². The average Bonchev–Trinajstić information content (AvgIpc) is 2.47. The Labute approximate surface area is 114 Å². The van der Waals surface area contributed by atoms with Crippen LogP contribution in [-0.4, -0.2) is 35.1 Å². The van der Waals surface area contributed by atoms with Gasteiger partial charge in [-0.15, -0.1) is 0 Å². The molecule has 1 fully saturated rings. The molecule has 1 saturated heterocycles. The average molecular weight is 263 g/mol. The van der Waals surface area contributed by atoms with Crippen LogP contribution in [0.4, 0.5) is 5.95 Å². The highest BCUT2D eigenvalue weighted by molar-refractivity contribution is 5.87. The molecule has 1 aliphatic heterocycles. The third-order valence-corrected chi connectivity index (χ3v) is 3.48. The number of hydrogen-bond acceptors (Lipinski definition) is 5. The van der Waals surface area contributed by atoms with Crippen LogP contribution in [0.2, 0.25) is 0 Å². The zero-order chi connectivity index (χ0) is 13.7. The number of hydrogen-bond donors (Lipinski definition) is 0.